The number of benzene rings is 1. The zero-order valence-electron chi connectivity index (χ0n) is 13.0. The Morgan fingerprint density at radius 3 is 2.71 bits per heavy atom. The third kappa shape index (κ3) is 2.09. The van der Waals surface area contributed by atoms with Gasteiger partial charge in [0, 0.05) is 7.05 Å². The minimum absolute atomic E-state index is 0.518. The standard InChI is InChI=1S/C16H21N5/c1-5-6-12-14-15(20(4)19-12)21(16(17)18-14)13-9-10(2)7-8-11(13)3/h7-9H,5-6H2,1-4H3,(H2,17,18). The van der Waals surface area contributed by atoms with Gasteiger partial charge in [0.2, 0.25) is 5.95 Å². The first-order valence-electron chi connectivity index (χ1n) is 7.30. The van der Waals surface area contributed by atoms with Crippen LogP contribution in [0.5, 0.6) is 0 Å². The van der Waals surface area contributed by atoms with Gasteiger partial charge in [-0.3, -0.25) is 4.57 Å². The predicted octanol–water partition coefficient (Wildman–Crippen LogP) is 2.91. The fourth-order valence-corrected chi connectivity index (χ4v) is 2.80. The molecule has 0 aliphatic heterocycles. The Hall–Kier alpha value is -2.30. The third-order valence-electron chi connectivity index (χ3n) is 3.82. The van der Waals surface area contributed by atoms with E-state index in [1.165, 1.54) is 11.1 Å². The molecule has 0 amide bonds. The number of imidazole rings is 1. The second kappa shape index (κ2) is 4.91. The van der Waals surface area contributed by atoms with E-state index in [-0.39, 0.29) is 0 Å². The Kier molecular flexibility index (Phi) is 3.20. The van der Waals surface area contributed by atoms with Crippen LogP contribution < -0.4 is 5.73 Å². The highest BCUT2D eigenvalue weighted by molar-refractivity contribution is 5.80. The van der Waals surface area contributed by atoms with Crippen LogP contribution in [0.15, 0.2) is 18.2 Å². The maximum Gasteiger partial charge on any atom is 0.207 e. The van der Waals surface area contributed by atoms with Gasteiger partial charge in [0.1, 0.15) is 5.52 Å². The number of nitrogens with zero attached hydrogens (tertiary/aromatic N) is 4. The summed E-state index contributed by atoms with van der Waals surface area (Å²) in [5.74, 6) is 0.518. The molecule has 21 heavy (non-hydrogen) atoms. The van der Waals surface area contributed by atoms with Gasteiger partial charge >= 0.3 is 0 Å². The van der Waals surface area contributed by atoms with E-state index in [1.54, 1.807) is 0 Å². The molecule has 0 aliphatic rings. The second-order valence-corrected chi connectivity index (χ2v) is 5.59. The summed E-state index contributed by atoms with van der Waals surface area (Å²) in [4.78, 5) is 4.56. The highest BCUT2D eigenvalue weighted by Gasteiger charge is 2.19. The first kappa shape index (κ1) is 13.7. The van der Waals surface area contributed by atoms with E-state index in [2.05, 4.69) is 49.1 Å². The lowest BCUT2D eigenvalue weighted by Crippen LogP contribution is -2.06. The highest BCUT2D eigenvalue weighted by atomic mass is 15.3. The lowest BCUT2D eigenvalue weighted by atomic mass is 10.1. The number of nitrogens with two attached hydrogens (primary N) is 1. The van der Waals surface area contributed by atoms with Gasteiger partial charge in [0.15, 0.2) is 5.65 Å². The summed E-state index contributed by atoms with van der Waals surface area (Å²) in [6.07, 6.45) is 1.96. The summed E-state index contributed by atoms with van der Waals surface area (Å²) in [5.41, 5.74) is 12.5. The van der Waals surface area contributed by atoms with Crippen LogP contribution in [0.1, 0.15) is 30.2 Å². The number of fused-ring (bicyclic) bond motifs is 1. The number of anilines is 1. The minimum Gasteiger partial charge on any atom is -0.369 e. The van der Waals surface area contributed by atoms with Crippen molar-refractivity contribution < 1.29 is 0 Å². The molecular formula is C16H21N5. The number of aromatic nitrogens is 4. The quantitative estimate of drug-likeness (QED) is 0.804. The Morgan fingerprint density at radius 2 is 2.00 bits per heavy atom. The Labute approximate surface area is 124 Å². The molecule has 5 heteroatoms. The molecule has 110 valence electrons. The average Bonchev–Trinajstić information content (AvgIpc) is 2.91. The minimum atomic E-state index is 0.518. The van der Waals surface area contributed by atoms with E-state index in [9.17, 15) is 0 Å². The van der Waals surface area contributed by atoms with Crippen molar-refractivity contribution in [1.29, 1.82) is 0 Å². The van der Waals surface area contributed by atoms with E-state index in [4.69, 9.17) is 5.73 Å². The molecule has 2 heterocycles. The molecule has 2 N–H and O–H groups in total. The van der Waals surface area contributed by atoms with Crippen molar-refractivity contribution in [2.45, 2.75) is 33.6 Å². The zero-order valence-corrected chi connectivity index (χ0v) is 13.0. The van der Waals surface area contributed by atoms with Crippen LogP contribution in [0.3, 0.4) is 0 Å². The molecule has 3 aromatic rings. The van der Waals surface area contributed by atoms with Gasteiger partial charge in [-0.15, -0.1) is 0 Å². The Balaban J connectivity index is 2.32. The molecule has 0 saturated heterocycles. The molecular weight excluding hydrogens is 262 g/mol. The van der Waals surface area contributed by atoms with Crippen LogP contribution in [0.2, 0.25) is 0 Å². The molecule has 0 bridgehead atoms. The van der Waals surface area contributed by atoms with Crippen molar-refractivity contribution in [3.8, 4) is 5.69 Å². The maximum absolute atomic E-state index is 6.19. The number of hydrogen-bond donors (Lipinski definition) is 1. The summed E-state index contributed by atoms with van der Waals surface area (Å²) in [5, 5.41) is 4.60. The molecule has 0 aliphatic carbocycles. The first-order chi connectivity index (χ1) is 10.0. The molecule has 0 unspecified atom stereocenters. The summed E-state index contributed by atoms with van der Waals surface area (Å²) in [7, 11) is 1.95. The van der Waals surface area contributed by atoms with Crippen molar-refractivity contribution >= 4 is 17.1 Å². The Bertz CT molecular complexity index is 810. The summed E-state index contributed by atoms with van der Waals surface area (Å²) in [6, 6.07) is 6.35. The monoisotopic (exact) mass is 283 g/mol. The molecule has 5 nitrogen and oxygen atoms in total. The van der Waals surface area contributed by atoms with Crippen LogP contribution in [0.4, 0.5) is 5.95 Å². The molecule has 0 radical (unpaired) electrons. The maximum atomic E-state index is 6.19. The normalized spacial score (nSPS) is 11.4. The van der Waals surface area contributed by atoms with Gasteiger partial charge in [-0.05, 0) is 37.5 Å². The number of nitrogen functional groups attached to an aromatic ring is 1. The lowest BCUT2D eigenvalue weighted by Gasteiger charge is -2.11. The average molecular weight is 283 g/mol. The van der Waals surface area contributed by atoms with E-state index >= 15 is 0 Å². The van der Waals surface area contributed by atoms with E-state index in [0.29, 0.717) is 5.95 Å². The number of hydrogen-bond acceptors (Lipinski definition) is 3. The van der Waals surface area contributed by atoms with E-state index < -0.39 is 0 Å². The molecule has 0 fully saturated rings. The fourth-order valence-electron chi connectivity index (χ4n) is 2.80. The van der Waals surface area contributed by atoms with Crippen molar-refractivity contribution in [3.63, 3.8) is 0 Å². The topological polar surface area (TPSA) is 61.7 Å². The van der Waals surface area contributed by atoms with Gasteiger partial charge in [-0.1, -0.05) is 25.5 Å². The molecule has 0 spiro atoms. The summed E-state index contributed by atoms with van der Waals surface area (Å²) in [6.45, 7) is 6.31. The molecule has 1 aromatic carbocycles. The molecule has 2 aromatic heterocycles. The van der Waals surface area contributed by atoms with Crippen LogP contribution in [0.25, 0.3) is 16.9 Å². The van der Waals surface area contributed by atoms with E-state index in [0.717, 1.165) is 35.4 Å². The molecule has 3 rings (SSSR count). The lowest BCUT2D eigenvalue weighted by molar-refractivity contribution is 0.737. The first-order valence-corrected chi connectivity index (χ1v) is 7.30. The highest BCUT2D eigenvalue weighted by Crippen LogP contribution is 2.27. The van der Waals surface area contributed by atoms with Gasteiger partial charge in [-0.2, -0.15) is 5.10 Å². The van der Waals surface area contributed by atoms with E-state index in [1.807, 2.05) is 16.3 Å². The summed E-state index contributed by atoms with van der Waals surface area (Å²) < 4.78 is 3.88. The van der Waals surface area contributed by atoms with Crippen molar-refractivity contribution in [1.82, 2.24) is 19.3 Å². The van der Waals surface area contributed by atoms with Crippen LogP contribution in [-0.2, 0) is 13.5 Å². The van der Waals surface area contributed by atoms with Gasteiger partial charge in [0.25, 0.3) is 0 Å². The summed E-state index contributed by atoms with van der Waals surface area (Å²) >= 11 is 0. The number of aryl methyl sites for hydroxylation is 4. The van der Waals surface area contributed by atoms with Crippen molar-refractivity contribution in [3.05, 3.63) is 35.0 Å². The van der Waals surface area contributed by atoms with Crippen molar-refractivity contribution in [2.24, 2.45) is 7.05 Å². The second-order valence-electron chi connectivity index (χ2n) is 5.59. The Morgan fingerprint density at radius 1 is 1.24 bits per heavy atom. The number of rotatable bonds is 3. The fraction of sp³-hybridized carbons (Fsp3) is 0.375. The van der Waals surface area contributed by atoms with Crippen LogP contribution in [-0.4, -0.2) is 19.3 Å². The molecule has 0 saturated carbocycles. The smallest absolute Gasteiger partial charge is 0.207 e. The van der Waals surface area contributed by atoms with Gasteiger partial charge in [-0.25, -0.2) is 9.67 Å². The van der Waals surface area contributed by atoms with Gasteiger partial charge in [0.05, 0.1) is 11.4 Å². The van der Waals surface area contributed by atoms with Crippen LogP contribution in [0, 0.1) is 13.8 Å². The predicted molar refractivity (Wildman–Crippen MR) is 85.7 cm³/mol. The molecule has 0 atom stereocenters. The van der Waals surface area contributed by atoms with Gasteiger partial charge < -0.3 is 5.73 Å². The SMILES string of the molecule is CCCc1nn(C)c2c1nc(N)n2-c1cc(C)ccc1C. The third-order valence-corrected chi connectivity index (χ3v) is 3.82. The zero-order chi connectivity index (χ0) is 15.1. The van der Waals surface area contributed by atoms with Crippen molar-refractivity contribution in [2.75, 3.05) is 5.73 Å². The largest absolute Gasteiger partial charge is 0.369 e. The van der Waals surface area contributed by atoms with Crippen LogP contribution >= 0.6 is 0 Å².